The molecule has 0 saturated carbocycles. The van der Waals surface area contributed by atoms with Crippen LogP contribution in [0.1, 0.15) is 26.2 Å². The predicted octanol–water partition coefficient (Wildman–Crippen LogP) is -0.0346. The van der Waals surface area contributed by atoms with E-state index < -0.39 is 5.97 Å². The molecule has 5 nitrogen and oxygen atoms in total. The van der Waals surface area contributed by atoms with Gasteiger partial charge >= 0.3 is 5.97 Å². The largest absolute Gasteiger partial charge is 0.481 e. The lowest BCUT2D eigenvalue weighted by molar-refractivity contribution is -0.137. The number of hydrogen-bond donors (Lipinski definition) is 3. The first-order valence-electron chi connectivity index (χ1n) is 5.34. The lowest BCUT2D eigenvalue weighted by Gasteiger charge is -2.14. The molecule has 3 N–H and O–H groups in total. The fraction of sp³-hybridized carbons (Fsp3) is 0.800. The van der Waals surface area contributed by atoms with Gasteiger partial charge in [0.2, 0.25) is 5.91 Å². The minimum absolute atomic E-state index is 0.00890. The summed E-state index contributed by atoms with van der Waals surface area (Å²) in [4.78, 5) is 21.8. The summed E-state index contributed by atoms with van der Waals surface area (Å²) < 4.78 is 0. The molecule has 0 bridgehead atoms. The van der Waals surface area contributed by atoms with Crippen LogP contribution < -0.4 is 10.6 Å². The molecule has 2 unspecified atom stereocenters. The molecule has 1 aliphatic heterocycles. The number of carboxylic acids is 1. The van der Waals surface area contributed by atoms with Gasteiger partial charge in [0.1, 0.15) is 0 Å². The summed E-state index contributed by atoms with van der Waals surface area (Å²) in [6.07, 6.45) is 1.61. The van der Waals surface area contributed by atoms with Gasteiger partial charge in [0, 0.05) is 13.0 Å². The second-order valence-corrected chi connectivity index (χ2v) is 3.99. The van der Waals surface area contributed by atoms with Crippen LogP contribution in [0.5, 0.6) is 0 Å². The highest BCUT2D eigenvalue weighted by molar-refractivity contribution is 5.82. The molecule has 2 atom stereocenters. The second kappa shape index (κ2) is 5.70. The molecule has 1 aliphatic rings. The number of rotatable bonds is 5. The van der Waals surface area contributed by atoms with E-state index in [0.717, 1.165) is 13.0 Å². The summed E-state index contributed by atoms with van der Waals surface area (Å²) in [5.74, 6) is -0.466. The van der Waals surface area contributed by atoms with Crippen LogP contribution in [0.2, 0.25) is 0 Å². The number of carbonyl (C=O) groups is 2. The Labute approximate surface area is 89.2 Å². The maximum absolute atomic E-state index is 11.6. The summed E-state index contributed by atoms with van der Waals surface area (Å²) in [6.45, 7) is 3.37. The summed E-state index contributed by atoms with van der Waals surface area (Å²) >= 11 is 0. The van der Waals surface area contributed by atoms with E-state index in [-0.39, 0.29) is 18.4 Å². The lowest BCUT2D eigenvalue weighted by Crippen LogP contribution is -2.43. The maximum atomic E-state index is 11.6. The molecule has 5 heteroatoms. The molecule has 15 heavy (non-hydrogen) atoms. The van der Waals surface area contributed by atoms with E-state index in [4.69, 9.17) is 5.11 Å². The van der Waals surface area contributed by atoms with Crippen LogP contribution in [-0.4, -0.2) is 36.1 Å². The fourth-order valence-electron chi connectivity index (χ4n) is 1.75. The van der Waals surface area contributed by atoms with Gasteiger partial charge in [-0.2, -0.15) is 0 Å². The zero-order valence-electron chi connectivity index (χ0n) is 8.95. The maximum Gasteiger partial charge on any atom is 0.303 e. The van der Waals surface area contributed by atoms with Crippen molar-refractivity contribution in [2.45, 2.75) is 32.2 Å². The van der Waals surface area contributed by atoms with Gasteiger partial charge in [0.25, 0.3) is 0 Å². The molecule has 1 heterocycles. The number of carboxylic acid groups (broad SMARTS) is 1. The van der Waals surface area contributed by atoms with E-state index in [9.17, 15) is 9.59 Å². The van der Waals surface area contributed by atoms with Gasteiger partial charge in [-0.25, -0.2) is 0 Å². The number of hydrogen-bond acceptors (Lipinski definition) is 3. The number of carbonyl (C=O) groups excluding carboxylic acids is 1. The monoisotopic (exact) mass is 214 g/mol. The van der Waals surface area contributed by atoms with Crippen LogP contribution in [0.25, 0.3) is 0 Å². The van der Waals surface area contributed by atoms with Crippen LogP contribution >= 0.6 is 0 Å². The standard InChI is InChI=1S/C10H18N2O3/c1-7-4-6-11-9(7)10(15)12-5-2-3-8(13)14/h7,9,11H,2-6H2,1H3,(H,12,15)(H,13,14). The van der Waals surface area contributed by atoms with Crippen LogP contribution in [0.4, 0.5) is 0 Å². The van der Waals surface area contributed by atoms with Gasteiger partial charge in [-0.3, -0.25) is 9.59 Å². The molecule has 0 aliphatic carbocycles. The van der Waals surface area contributed by atoms with E-state index in [2.05, 4.69) is 10.6 Å². The third-order valence-corrected chi connectivity index (χ3v) is 2.68. The Bertz CT molecular complexity index is 243. The van der Waals surface area contributed by atoms with Crippen molar-refractivity contribution in [1.82, 2.24) is 10.6 Å². The van der Waals surface area contributed by atoms with Crippen molar-refractivity contribution in [3.63, 3.8) is 0 Å². The Kier molecular flexibility index (Phi) is 4.55. The van der Waals surface area contributed by atoms with E-state index >= 15 is 0 Å². The molecular weight excluding hydrogens is 196 g/mol. The highest BCUT2D eigenvalue weighted by Crippen LogP contribution is 2.13. The van der Waals surface area contributed by atoms with Crippen molar-refractivity contribution in [3.8, 4) is 0 Å². The second-order valence-electron chi connectivity index (χ2n) is 3.99. The molecule has 1 saturated heterocycles. The minimum Gasteiger partial charge on any atom is -0.481 e. The molecular formula is C10H18N2O3. The number of aliphatic carboxylic acids is 1. The molecule has 0 aromatic rings. The molecule has 0 radical (unpaired) electrons. The Balaban J connectivity index is 2.15. The van der Waals surface area contributed by atoms with Crippen molar-refractivity contribution < 1.29 is 14.7 Å². The quantitative estimate of drug-likeness (QED) is 0.561. The Morgan fingerprint density at radius 1 is 1.53 bits per heavy atom. The van der Waals surface area contributed by atoms with Crippen LogP contribution in [0.15, 0.2) is 0 Å². The average molecular weight is 214 g/mol. The lowest BCUT2D eigenvalue weighted by atomic mass is 10.0. The first kappa shape index (κ1) is 12.0. The average Bonchev–Trinajstić information content (AvgIpc) is 2.58. The van der Waals surface area contributed by atoms with E-state index in [1.54, 1.807) is 0 Å². The van der Waals surface area contributed by atoms with Crippen molar-refractivity contribution in [1.29, 1.82) is 0 Å². The van der Waals surface area contributed by atoms with Gasteiger partial charge in [0.05, 0.1) is 6.04 Å². The van der Waals surface area contributed by atoms with Crippen LogP contribution in [0.3, 0.4) is 0 Å². The van der Waals surface area contributed by atoms with Gasteiger partial charge in [-0.1, -0.05) is 6.92 Å². The van der Waals surface area contributed by atoms with Crippen molar-refractivity contribution in [2.24, 2.45) is 5.92 Å². The highest BCUT2D eigenvalue weighted by Gasteiger charge is 2.28. The van der Waals surface area contributed by atoms with E-state index in [0.29, 0.717) is 18.9 Å². The zero-order valence-corrected chi connectivity index (χ0v) is 8.95. The van der Waals surface area contributed by atoms with Gasteiger partial charge in [-0.15, -0.1) is 0 Å². The summed E-state index contributed by atoms with van der Waals surface area (Å²) in [7, 11) is 0. The van der Waals surface area contributed by atoms with Crippen molar-refractivity contribution in [3.05, 3.63) is 0 Å². The normalized spacial score (nSPS) is 25.1. The van der Waals surface area contributed by atoms with Crippen molar-refractivity contribution >= 4 is 11.9 Å². The molecule has 1 rings (SSSR count). The van der Waals surface area contributed by atoms with Gasteiger partial charge < -0.3 is 15.7 Å². The van der Waals surface area contributed by atoms with Crippen molar-refractivity contribution in [2.75, 3.05) is 13.1 Å². The van der Waals surface area contributed by atoms with Gasteiger partial charge in [0.15, 0.2) is 0 Å². The third kappa shape index (κ3) is 3.87. The van der Waals surface area contributed by atoms with Crippen LogP contribution in [-0.2, 0) is 9.59 Å². The van der Waals surface area contributed by atoms with Crippen LogP contribution in [0, 0.1) is 5.92 Å². The highest BCUT2D eigenvalue weighted by atomic mass is 16.4. The minimum atomic E-state index is -0.823. The van der Waals surface area contributed by atoms with E-state index in [1.165, 1.54) is 0 Å². The number of nitrogens with one attached hydrogen (secondary N) is 2. The Hall–Kier alpha value is -1.10. The predicted molar refractivity (Wildman–Crippen MR) is 55.5 cm³/mol. The summed E-state index contributed by atoms with van der Waals surface area (Å²) in [5.41, 5.74) is 0. The van der Waals surface area contributed by atoms with E-state index in [1.807, 2.05) is 6.92 Å². The zero-order chi connectivity index (χ0) is 11.3. The summed E-state index contributed by atoms with van der Waals surface area (Å²) in [5, 5.41) is 14.3. The Morgan fingerprint density at radius 3 is 2.80 bits per heavy atom. The smallest absolute Gasteiger partial charge is 0.303 e. The first-order chi connectivity index (χ1) is 7.11. The molecule has 0 spiro atoms. The molecule has 86 valence electrons. The SMILES string of the molecule is CC1CCNC1C(=O)NCCCC(=O)O. The molecule has 1 amide bonds. The number of amides is 1. The topological polar surface area (TPSA) is 78.4 Å². The summed E-state index contributed by atoms with van der Waals surface area (Å²) in [6, 6.07) is -0.102. The Morgan fingerprint density at radius 2 is 2.27 bits per heavy atom. The fourth-order valence-corrected chi connectivity index (χ4v) is 1.75. The molecule has 0 aromatic carbocycles. The first-order valence-corrected chi connectivity index (χ1v) is 5.34. The molecule has 0 aromatic heterocycles. The van der Waals surface area contributed by atoms with Gasteiger partial charge in [-0.05, 0) is 25.3 Å². The third-order valence-electron chi connectivity index (χ3n) is 2.68. The molecule has 1 fully saturated rings.